The van der Waals surface area contributed by atoms with Crippen LogP contribution in [-0.2, 0) is 0 Å². The van der Waals surface area contributed by atoms with E-state index >= 15 is 0 Å². The van der Waals surface area contributed by atoms with E-state index in [0.717, 1.165) is 18.4 Å². The van der Waals surface area contributed by atoms with Crippen molar-refractivity contribution in [3.63, 3.8) is 0 Å². The number of hydrogen-bond donors (Lipinski definition) is 2. The van der Waals surface area contributed by atoms with Crippen LogP contribution in [-0.4, -0.2) is 49.8 Å². The maximum atomic E-state index is 8.99. The molecule has 0 spiro atoms. The summed E-state index contributed by atoms with van der Waals surface area (Å²) in [5, 5.41) is 12.1. The van der Waals surface area contributed by atoms with E-state index in [1.54, 1.807) is 0 Å². The number of nitrogens with one attached hydrogen (secondary N) is 1. The van der Waals surface area contributed by atoms with Gasteiger partial charge in [0, 0.05) is 19.1 Å². The fraction of sp³-hybridized carbons (Fsp3) is 1.00. The molecule has 0 aliphatic heterocycles. The molecule has 1 aliphatic rings. The highest BCUT2D eigenvalue weighted by atomic mass is 16.3. The second-order valence-corrected chi connectivity index (χ2v) is 4.36. The lowest BCUT2D eigenvalue weighted by Crippen LogP contribution is -2.40. The first-order valence-electron chi connectivity index (χ1n) is 5.14. The number of hydrogen-bond acceptors (Lipinski definition) is 3. The Hall–Kier alpha value is -0.120. The lowest BCUT2D eigenvalue weighted by atomic mass is 10.2. The van der Waals surface area contributed by atoms with Crippen molar-refractivity contribution in [3.05, 3.63) is 0 Å². The molecule has 3 atom stereocenters. The van der Waals surface area contributed by atoms with Crippen LogP contribution in [0.15, 0.2) is 0 Å². The van der Waals surface area contributed by atoms with Crippen molar-refractivity contribution in [1.82, 2.24) is 10.2 Å². The van der Waals surface area contributed by atoms with Crippen molar-refractivity contribution in [2.45, 2.75) is 19.4 Å². The summed E-state index contributed by atoms with van der Waals surface area (Å²) in [6.45, 7) is 4.65. The van der Waals surface area contributed by atoms with Gasteiger partial charge in [0.2, 0.25) is 0 Å². The Balaban J connectivity index is 2.12. The van der Waals surface area contributed by atoms with Crippen LogP contribution in [0.1, 0.15) is 13.3 Å². The van der Waals surface area contributed by atoms with Crippen LogP contribution >= 0.6 is 0 Å². The number of aliphatic hydroxyl groups excluding tert-OH is 1. The number of rotatable bonds is 6. The highest BCUT2D eigenvalue weighted by Gasteiger charge is 2.33. The van der Waals surface area contributed by atoms with Gasteiger partial charge in [0.15, 0.2) is 0 Å². The normalized spacial score (nSPS) is 29.3. The summed E-state index contributed by atoms with van der Waals surface area (Å²) in [6.07, 6.45) is 1.38. The second-order valence-electron chi connectivity index (χ2n) is 4.36. The van der Waals surface area contributed by atoms with Crippen molar-refractivity contribution in [1.29, 1.82) is 0 Å². The molecule has 78 valence electrons. The van der Waals surface area contributed by atoms with Crippen LogP contribution in [0.3, 0.4) is 0 Å². The van der Waals surface area contributed by atoms with Crippen LogP contribution in [0.4, 0.5) is 0 Å². The Morgan fingerprint density at radius 2 is 2.23 bits per heavy atom. The summed E-state index contributed by atoms with van der Waals surface area (Å²) < 4.78 is 0. The minimum atomic E-state index is 0.221. The summed E-state index contributed by atoms with van der Waals surface area (Å²) in [7, 11) is 4.03. The smallest absolute Gasteiger partial charge is 0.0597 e. The molecule has 1 rings (SSSR count). The summed E-state index contributed by atoms with van der Waals surface area (Å²) in [6, 6.07) is 0.221. The Bertz CT molecular complexity index is 148. The molecule has 3 heteroatoms. The fourth-order valence-corrected chi connectivity index (χ4v) is 1.74. The van der Waals surface area contributed by atoms with Crippen molar-refractivity contribution in [2.75, 3.05) is 33.8 Å². The molecule has 0 heterocycles. The van der Waals surface area contributed by atoms with Gasteiger partial charge in [-0.1, -0.05) is 6.92 Å². The molecule has 3 nitrogen and oxygen atoms in total. The van der Waals surface area contributed by atoms with Crippen LogP contribution in [0.2, 0.25) is 0 Å². The van der Waals surface area contributed by atoms with E-state index < -0.39 is 0 Å². The van der Waals surface area contributed by atoms with Crippen molar-refractivity contribution < 1.29 is 5.11 Å². The van der Waals surface area contributed by atoms with Gasteiger partial charge in [-0.15, -0.1) is 0 Å². The summed E-state index contributed by atoms with van der Waals surface area (Å²) >= 11 is 0. The van der Waals surface area contributed by atoms with Gasteiger partial charge in [0.05, 0.1) is 6.61 Å². The van der Waals surface area contributed by atoms with E-state index in [1.807, 2.05) is 7.05 Å². The molecule has 0 aromatic carbocycles. The SMILES string of the molecule is CNC(CO)CN(C)CC1CC1C. The first kappa shape index (κ1) is 11.0. The molecular formula is C10H22N2O. The van der Waals surface area contributed by atoms with E-state index in [1.165, 1.54) is 13.0 Å². The maximum Gasteiger partial charge on any atom is 0.0597 e. The Kier molecular flexibility index (Phi) is 4.16. The van der Waals surface area contributed by atoms with Gasteiger partial charge in [-0.2, -0.15) is 0 Å². The molecule has 13 heavy (non-hydrogen) atoms. The van der Waals surface area contributed by atoms with E-state index in [9.17, 15) is 0 Å². The van der Waals surface area contributed by atoms with Gasteiger partial charge in [0.1, 0.15) is 0 Å². The number of likely N-dealkylation sites (N-methyl/N-ethyl adjacent to an activating group) is 2. The first-order valence-corrected chi connectivity index (χ1v) is 5.14. The van der Waals surface area contributed by atoms with Gasteiger partial charge >= 0.3 is 0 Å². The largest absolute Gasteiger partial charge is 0.395 e. The predicted octanol–water partition coefficient (Wildman–Crippen LogP) is 0.154. The Labute approximate surface area is 81.1 Å². The van der Waals surface area contributed by atoms with E-state index in [2.05, 4.69) is 24.2 Å². The number of nitrogens with zero attached hydrogens (tertiary/aromatic N) is 1. The maximum absolute atomic E-state index is 8.99. The van der Waals surface area contributed by atoms with Gasteiger partial charge in [-0.05, 0) is 32.4 Å². The highest BCUT2D eigenvalue weighted by molar-refractivity contribution is 4.85. The highest BCUT2D eigenvalue weighted by Crippen LogP contribution is 2.37. The molecule has 2 N–H and O–H groups in total. The van der Waals surface area contributed by atoms with E-state index in [4.69, 9.17) is 5.11 Å². The standard InChI is InChI=1S/C10H22N2O/c1-8-4-9(8)5-12(3)6-10(7-13)11-2/h8-11,13H,4-7H2,1-3H3. The third kappa shape index (κ3) is 3.63. The Morgan fingerprint density at radius 1 is 1.62 bits per heavy atom. The van der Waals surface area contributed by atoms with Crippen LogP contribution in [0.5, 0.6) is 0 Å². The fourth-order valence-electron chi connectivity index (χ4n) is 1.74. The zero-order valence-corrected chi connectivity index (χ0v) is 8.95. The van der Waals surface area contributed by atoms with Crippen molar-refractivity contribution in [3.8, 4) is 0 Å². The molecule has 0 aromatic rings. The van der Waals surface area contributed by atoms with Crippen LogP contribution in [0, 0.1) is 11.8 Å². The summed E-state index contributed by atoms with van der Waals surface area (Å²) in [5.74, 6) is 1.82. The molecule has 1 aliphatic carbocycles. The van der Waals surface area contributed by atoms with E-state index in [-0.39, 0.29) is 12.6 Å². The lowest BCUT2D eigenvalue weighted by molar-refractivity contribution is 0.200. The van der Waals surface area contributed by atoms with E-state index in [0.29, 0.717) is 0 Å². The average Bonchev–Trinajstić information content (AvgIpc) is 2.77. The number of aliphatic hydroxyl groups is 1. The van der Waals surface area contributed by atoms with Gasteiger partial charge < -0.3 is 15.3 Å². The minimum Gasteiger partial charge on any atom is -0.395 e. The van der Waals surface area contributed by atoms with Gasteiger partial charge in [-0.25, -0.2) is 0 Å². The summed E-state index contributed by atoms with van der Waals surface area (Å²) in [4.78, 5) is 2.31. The molecule has 0 aromatic heterocycles. The van der Waals surface area contributed by atoms with Crippen LogP contribution in [0.25, 0.3) is 0 Å². The average molecular weight is 186 g/mol. The molecule has 0 bridgehead atoms. The molecule has 3 unspecified atom stereocenters. The first-order chi connectivity index (χ1) is 6.17. The van der Waals surface area contributed by atoms with Crippen molar-refractivity contribution >= 4 is 0 Å². The molecule has 0 radical (unpaired) electrons. The molecule has 0 amide bonds. The van der Waals surface area contributed by atoms with Crippen molar-refractivity contribution in [2.24, 2.45) is 11.8 Å². The third-order valence-corrected chi connectivity index (χ3v) is 2.98. The monoisotopic (exact) mass is 186 g/mol. The van der Waals surface area contributed by atoms with Gasteiger partial charge in [0.25, 0.3) is 0 Å². The zero-order chi connectivity index (χ0) is 9.84. The summed E-state index contributed by atoms with van der Waals surface area (Å²) in [5.41, 5.74) is 0. The zero-order valence-electron chi connectivity index (χ0n) is 8.95. The minimum absolute atomic E-state index is 0.221. The van der Waals surface area contributed by atoms with Gasteiger partial charge in [-0.3, -0.25) is 0 Å². The lowest BCUT2D eigenvalue weighted by Gasteiger charge is -2.22. The molecule has 0 saturated heterocycles. The molecule has 1 saturated carbocycles. The van der Waals surface area contributed by atoms with Crippen LogP contribution < -0.4 is 5.32 Å². The topological polar surface area (TPSA) is 35.5 Å². The third-order valence-electron chi connectivity index (χ3n) is 2.98. The predicted molar refractivity (Wildman–Crippen MR) is 54.7 cm³/mol. The molecular weight excluding hydrogens is 164 g/mol. The Morgan fingerprint density at radius 3 is 2.62 bits per heavy atom. The second kappa shape index (κ2) is 4.94. The quantitative estimate of drug-likeness (QED) is 0.620. The molecule has 1 fully saturated rings.